The lowest BCUT2D eigenvalue weighted by Crippen LogP contribution is -2.29. The highest BCUT2D eigenvalue weighted by Gasteiger charge is 2.40. The van der Waals surface area contributed by atoms with Crippen molar-refractivity contribution >= 4 is 23.1 Å². The molecule has 1 amide bonds. The fourth-order valence-electron chi connectivity index (χ4n) is 3.51. The maximum Gasteiger partial charge on any atom is 0.290 e. The van der Waals surface area contributed by atoms with Gasteiger partial charge in [-0.2, -0.15) is 0 Å². The molecule has 0 aromatic heterocycles. The van der Waals surface area contributed by atoms with E-state index >= 15 is 0 Å². The van der Waals surface area contributed by atoms with Crippen LogP contribution in [0.5, 0.6) is 0 Å². The highest BCUT2D eigenvalue weighted by Crippen LogP contribution is 2.43. The second-order valence-electron chi connectivity index (χ2n) is 6.64. The highest BCUT2D eigenvalue weighted by atomic mass is 35.5. The maximum absolute atomic E-state index is 13.3. The Morgan fingerprint density at radius 3 is 2.21 bits per heavy atom. The van der Waals surface area contributed by atoms with Gasteiger partial charge in [-0.15, -0.1) is 0 Å². The molecule has 0 fully saturated rings. The Morgan fingerprint density at radius 2 is 1.57 bits per heavy atom. The molecule has 28 heavy (non-hydrogen) atoms. The van der Waals surface area contributed by atoms with E-state index in [1.54, 1.807) is 29.2 Å². The molecule has 3 nitrogen and oxygen atoms in total. The van der Waals surface area contributed by atoms with E-state index in [2.05, 4.69) is 0 Å². The Hall–Kier alpha value is -3.11. The number of benzene rings is 3. The molecule has 5 heteroatoms. The first kappa shape index (κ1) is 18.3. The second-order valence-corrected chi connectivity index (χ2v) is 7.08. The Kier molecular flexibility index (Phi) is 4.88. The van der Waals surface area contributed by atoms with Crippen LogP contribution < -0.4 is 0 Å². The van der Waals surface area contributed by atoms with Crippen LogP contribution in [0.25, 0.3) is 5.57 Å². The molecule has 1 aliphatic heterocycles. The lowest BCUT2D eigenvalue weighted by atomic mass is 9.93. The molecule has 0 unspecified atom stereocenters. The molecule has 0 aliphatic carbocycles. The van der Waals surface area contributed by atoms with Crippen molar-refractivity contribution in [1.82, 2.24) is 4.90 Å². The van der Waals surface area contributed by atoms with Crippen LogP contribution in [0.4, 0.5) is 4.39 Å². The monoisotopic (exact) mass is 393 g/mol. The zero-order valence-corrected chi connectivity index (χ0v) is 15.6. The fraction of sp³-hybridized carbons (Fsp3) is 0.0870. The zero-order valence-electron chi connectivity index (χ0n) is 14.8. The molecular formula is C23H17ClFNO2. The standard InChI is InChI=1S/C23H17ClFNO2/c24-18-10-8-17(9-11-18)21-20(16-4-2-1-3-5-16)22(27)23(28)26(21)14-15-6-12-19(25)13-7-15/h1-13,21,27H,14H2/t21-/m1/s1. The number of hydrogen-bond acceptors (Lipinski definition) is 2. The van der Waals surface area contributed by atoms with Crippen molar-refractivity contribution in [3.8, 4) is 0 Å². The van der Waals surface area contributed by atoms with E-state index in [0.29, 0.717) is 10.6 Å². The molecule has 1 heterocycles. The first-order chi connectivity index (χ1) is 13.5. The SMILES string of the molecule is O=C1C(O)=C(c2ccccc2)[C@@H](c2ccc(Cl)cc2)N1Cc1ccc(F)cc1. The molecule has 0 radical (unpaired) electrons. The number of hydrogen-bond donors (Lipinski definition) is 1. The average molecular weight is 394 g/mol. The number of carbonyl (C=O) groups excluding carboxylic acids is 1. The van der Waals surface area contributed by atoms with E-state index in [-0.39, 0.29) is 18.1 Å². The molecular weight excluding hydrogens is 377 g/mol. The van der Waals surface area contributed by atoms with Crippen molar-refractivity contribution in [2.24, 2.45) is 0 Å². The van der Waals surface area contributed by atoms with Crippen LogP contribution in [0, 0.1) is 5.82 Å². The smallest absolute Gasteiger partial charge is 0.290 e. The molecule has 1 aliphatic rings. The quantitative estimate of drug-likeness (QED) is 0.633. The van der Waals surface area contributed by atoms with E-state index in [9.17, 15) is 14.3 Å². The summed E-state index contributed by atoms with van der Waals surface area (Å²) < 4.78 is 13.3. The molecule has 0 saturated carbocycles. The summed E-state index contributed by atoms with van der Waals surface area (Å²) in [6.45, 7) is 0.243. The van der Waals surface area contributed by atoms with Gasteiger partial charge in [-0.1, -0.05) is 66.2 Å². The van der Waals surface area contributed by atoms with Crippen LogP contribution in [0.2, 0.25) is 5.02 Å². The largest absolute Gasteiger partial charge is 0.503 e. The van der Waals surface area contributed by atoms with Crippen LogP contribution in [0.3, 0.4) is 0 Å². The summed E-state index contributed by atoms with van der Waals surface area (Å²) in [5.41, 5.74) is 2.93. The van der Waals surface area contributed by atoms with Crippen molar-refractivity contribution in [2.75, 3.05) is 0 Å². The van der Waals surface area contributed by atoms with Crippen molar-refractivity contribution < 1.29 is 14.3 Å². The van der Waals surface area contributed by atoms with Gasteiger partial charge in [-0.05, 0) is 41.0 Å². The Labute approximate surface area is 167 Å². The van der Waals surface area contributed by atoms with Gasteiger partial charge in [0.1, 0.15) is 5.82 Å². The molecule has 4 rings (SSSR count). The molecule has 3 aromatic carbocycles. The number of nitrogens with zero attached hydrogens (tertiary/aromatic N) is 1. The molecule has 0 saturated heterocycles. The topological polar surface area (TPSA) is 40.5 Å². The Balaban J connectivity index is 1.80. The predicted octanol–water partition coefficient (Wildman–Crippen LogP) is 5.53. The van der Waals surface area contributed by atoms with Gasteiger partial charge in [-0.3, -0.25) is 4.79 Å². The molecule has 0 bridgehead atoms. The highest BCUT2D eigenvalue weighted by molar-refractivity contribution is 6.30. The third-order valence-corrected chi connectivity index (χ3v) is 5.09. The molecule has 3 aromatic rings. The Bertz CT molecular complexity index is 1030. The van der Waals surface area contributed by atoms with Crippen LogP contribution in [-0.4, -0.2) is 15.9 Å². The maximum atomic E-state index is 13.3. The molecule has 0 spiro atoms. The molecule has 140 valence electrons. The summed E-state index contributed by atoms with van der Waals surface area (Å²) >= 11 is 6.03. The number of carbonyl (C=O) groups is 1. The normalized spacial score (nSPS) is 16.7. The van der Waals surface area contributed by atoms with Crippen LogP contribution in [0.15, 0.2) is 84.6 Å². The van der Waals surface area contributed by atoms with Crippen molar-refractivity contribution in [1.29, 1.82) is 0 Å². The minimum absolute atomic E-state index is 0.243. The lowest BCUT2D eigenvalue weighted by molar-refractivity contribution is -0.130. The average Bonchev–Trinajstić information content (AvgIpc) is 2.96. The minimum Gasteiger partial charge on any atom is -0.503 e. The van der Waals surface area contributed by atoms with Crippen molar-refractivity contribution in [3.63, 3.8) is 0 Å². The van der Waals surface area contributed by atoms with Gasteiger partial charge >= 0.3 is 0 Å². The van der Waals surface area contributed by atoms with E-state index < -0.39 is 11.9 Å². The van der Waals surface area contributed by atoms with Gasteiger partial charge in [0, 0.05) is 17.1 Å². The summed E-state index contributed by atoms with van der Waals surface area (Å²) in [5, 5.41) is 11.3. The van der Waals surface area contributed by atoms with E-state index in [1.165, 1.54) is 12.1 Å². The van der Waals surface area contributed by atoms with Crippen LogP contribution in [-0.2, 0) is 11.3 Å². The number of rotatable bonds is 4. The predicted molar refractivity (Wildman–Crippen MR) is 107 cm³/mol. The third-order valence-electron chi connectivity index (χ3n) is 4.84. The van der Waals surface area contributed by atoms with Gasteiger partial charge in [0.05, 0.1) is 6.04 Å². The second kappa shape index (κ2) is 7.49. The summed E-state index contributed by atoms with van der Waals surface area (Å²) in [6, 6.07) is 22.1. The Morgan fingerprint density at radius 1 is 0.929 bits per heavy atom. The van der Waals surface area contributed by atoms with Gasteiger partial charge in [0.25, 0.3) is 5.91 Å². The zero-order chi connectivity index (χ0) is 19.7. The first-order valence-electron chi connectivity index (χ1n) is 8.84. The number of halogens is 2. The fourth-order valence-corrected chi connectivity index (χ4v) is 3.63. The minimum atomic E-state index is -0.475. The summed E-state index contributed by atoms with van der Waals surface area (Å²) in [7, 11) is 0. The summed E-state index contributed by atoms with van der Waals surface area (Å²) in [4.78, 5) is 14.5. The number of aliphatic hydroxyl groups is 1. The lowest BCUT2D eigenvalue weighted by Gasteiger charge is -2.27. The van der Waals surface area contributed by atoms with Crippen molar-refractivity contribution in [2.45, 2.75) is 12.6 Å². The third kappa shape index (κ3) is 3.39. The number of amides is 1. The van der Waals surface area contributed by atoms with Gasteiger partial charge in [0.15, 0.2) is 5.76 Å². The first-order valence-corrected chi connectivity index (χ1v) is 9.22. The summed E-state index contributed by atoms with van der Waals surface area (Å²) in [6.07, 6.45) is 0. The number of aliphatic hydroxyl groups excluding tert-OH is 1. The van der Waals surface area contributed by atoms with E-state index in [0.717, 1.165) is 16.7 Å². The van der Waals surface area contributed by atoms with Gasteiger partial charge in [0.2, 0.25) is 0 Å². The van der Waals surface area contributed by atoms with Crippen molar-refractivity contribution in [3.05, 3.63) is 112 Å². The molecule has 1 atom stereocenters. The van der Waals surface area contributed by atoms with Gasteiger partial charge in [-0.25, -0.2) is 4.39 Å². The van der Waals surface area contributed by atoms with Crippen LogP contribution >= 0.6 is 11.6 Å². The van der Waals surface area contributed by atoms with E-state index in [1.807, 2.05) is 42.5 Å². The molecule has 1 N–H and O–H groups in total. The van der Waals surface area contributed by atoms with Crippen LogP contribution in [0.1, 0.15) is 22.7 Å². The van der Waals surface area contributed by atoms with E-state index in [4.69, 9.17) is 11.6 Å². The summed E-state index contributed by atoms with van der Waals surface area (Å²) in [5.74, 6) is -1.06. The van der Waals surface area contributed by atoms with Gasteiger partial charge < -0.3 is 10.0 Å².